The van der Waals surface area contributed by atoms with Gasteiger partial charge in [0, 0.05) is 18.2 Å². The molecular formula is C10H15N5S. The lowest BCUT2D eigenvalue weighted by Crippen LogP contribution is -2.06. The van der Waals surface area contributed by atoms with E-state index in [9.17, 15) is 0 Å². The molecule has 0 aliphatic heterocycles. The smallest absolute Gasteiger partial charge is 0.180 e. The summed E-state index contributed by atoms with van der Waals surface area (Å²) >= 11 is 1.45. The molecule has 0 bridgehead atoms. The Bertz CT molecular complexity index is 473. The maximum absolute atomic E-state index is 5.60. The van der Waals surface area contributed by atoms with Gasteiger partial charge in [0.25, 0.3) is 0 Å². The number of rotatable bonds is 4. The van der Waals surface area contributed by atoms with Crippen LogP contribution in [0.1, 0.15) is 31.2 Å². The van der Waals surface area contributed by atoms with Crippen molar-refractivity contribution in [1.82, 2.24) is 19.7 Å². The van der Waals surface area contributed by atoms with Gasteiger partial charge < -0.3 is 5.73 Å². The monoisotopic (exact) mass is 237 g/mol. The van der Waals surface area contributed by atoms with Crippen molar-refractivity contribution >= 4 is 16.5 Å². The van der Waals surface area contributed by atoms with Crippen molar-refractivity contribution in [2.45, 2.75) is 33.2 Å². The predicted molar refractivity (Wildman–Crippen MR) is 64.4 cm³/mol. The first-order valence-electron chi connectivity index (χ1n) is 5.35. The van der Waals surface area contributed by atoms with Crippen molar-refractivity contribution < 1.29 is 0 Å². The molecule has 0 spiro atoms. The van der Waals surface area contributed by atoms with E-state index < -0.39 is 0 Å². The van der Waals surface area contributed by atoms with Crippen LogP contribution in [0, 0.1) is 0 Å². The van der Waals surface area contributed by atoms with Gasteiger partial charge >= 0.3 is 0 Å². The van der Waals surface area contributed by atoms with Crippen LogP contribution in [0.15, 0.2) is 5.38 Å². The molecule has 16 heavy (non-hydrogen) atoms. The van der Waals surface area contributed by atoms with Crippen molar-refractivity contribution in [3.05, 3.63) is 22.7 Å². The Kier molecular flexibility index (Phi) is 3.19. The molecule has 0 unspecified atom stereocenters. The fraction of sp³-hybridized carbons (Fsp3) is 0.500. The summed E-state index contributed by atoms with van der Waals surface area (Å²) < 4.78 is 1.91. The molecule has 2 heterocycles. The summed E-state index contributed by atoms with van der Waals surface area (Å²) in [4.78, 5) is 8.67. The van der Waals surface area contributed by atoms with Crippen LogP contribution in [0.5, 0.6) is 0 Å². The summed E-state index contributed by atoms with van der Waals surface area (Å²) in [5.41, 5.74) is 6.55. The van der Waals surface area contributed by atoms with Crippen LogP contribution in [0.4, 0.5) is 5.13 Å². The minimum atomic E-state index is 0.601. The highest BCUT2D eigenvalue weighted by Crippen LogP contribution is 2.13. The molecule has 2 N–H and O–H groups in total. The molecule has 0 saturated heterocycles. The molecule has 0 aliphatic carbocycles. The highest BCUT2D eigenvalue weighted by Gasteiger charge is 2.08. The standard InChI is InChI=1S/C10H15N5S/c1-3-8-13-9(4-2)15(14-8)5-7-6-16-10(11)12-7/h6H,3-5H2,1-2H3,(H2,11,12). The summed E-state index contributed by atoms with van der Waals surface area (Å²) in [6, 6.07) is 0. The number of nitrogens with two attached hydrogens (primary N) is 1. The van der Waals surface area contributed by atoms with E-state index >= 15 is 0 Å². The van der Waals surface area contributed by atoms with Crippen LogP contribution in [0.2, 0.25) is 0 Å². The zero-order chi connectivity index (χ0) is 11.5. The molecule has 0 atom stereocenters. The molecule has 5 nitrogen and oxygen atoms in total. The molecule has 2 rings (SSSR count). The topological polar surface area (TPSA) is 69.6 Å². The fourth-order valence-electron chi connectivity index (χ4n) is 1.51. The quantitative estimate of drug-likeness (QED) is 0.874. The van der Waals surface area contributed by atoms with Crippen molar-refractivity contribution in [3.63, 3.8) is 0 Å². The number of anilines is 1. The number of hydrogen-bond donors (Lipinski definition) is 1. The van der Waals surface area contributed by atoms with Crippen molar-refractivity contribution in [3.8, 4) is 0 Å². The van der Waals surface area contributed by atoms with E-state index in [4.69, 9.17) is 5.73 Å². The zero-order valence-electron chi connectivity index (χ0n) is 9.47. The Hall–Kier alpha value is -1.43. The van der Waals surface area contributed by atoms with Crippen LogP contribution < -0.4 is 5.73 Å². The van der Waals surface area contributed by atoms with Crippen molar-refractivity contribution in [2.75, 3.05) is 5.73 Å². The highest BCUT2D eigenvalue weighted by molar-refractivity contribution is 7.13. The molecule has 0 aliphatic rings. The maximum atomic E-state index is 5.60. The van der Waals surface area contributed by atoms with E-state index in [1.807, 2.05) is 10.1 Å². The summed E-state index contributed by atoms with van der Waals surface area (Å²) in [6.45, 7) is 4.79. The van der Waals surface area contributed by atoms with Gasteiger partial charge in [-0.2, -0.15) is 5.10 Å². The lowest BCUT2D eigenvalue weighted by Gasteiger charge is -2.00. The van der Waals surface area contributed by atoms with Gasteiger partial charge in [-0.3, -0.25) is 0 Å². The van der Waals surface area contributed by atoms with Crippen LogP contribution in [-0.2, 0) is 19.4 Å². The minimum Gasteiger partial charge on any atom is -0.375 e. The zero-order valence-corrected chi connectivity index (χ0v) is 10.3. The molecule has 2 aromatic rings. The van der Waals surface area contributed by atoms with Crippen molar-refractivity contribution in [1.29, 1.82) is 0 Å². The molecule has 0 amide bonds. The van der Waals surface area contributed by atoms with Gasteiger partial charge in [-0.1, -0.05) is 13.8 Å². The third-order valence-electron chi connectivity index (χ3n) is 2.31. The van der Waals surface area contributed by atoms with Crippen LogP contribution in [0.25, 0.3) is 0 Å². The summed E-state index contributed by atoms with van der Waals surface area (Å²) in [5, 5.41) is 6.99. The normalized spacial score (nSPS) is 10.9. The maximum Gasteiger partial charge on any atom is 0.180 e. The summed E-state index contributed by atoms with van der Waals surface area (Å²) in [7, 11) is 0. The number of hydrogen-bond acceptors (Lipinski definition) is 5. The molecule has 0 fully saturated rings. The van der Waals surface area contributed by atoms with E-state index in [0.717, 1.165) is 30.2 Å². The fourth-order valence-corrected chi connectivity index (χ4v) is 2.07. The SMILES string of the molecule is CCc1nc(CC)n(Cc2csc(N)n2)n1. The lowest BCUT2D eigenvalue weighted by molar-refractivity contribution is 0.629. The van der Waals surface area contributed by atoms with Gasteiger partial charge in [0.15, 0.2) is 11.0 Å². The second-order valence-electron chi connectivity index (χ2n) is 3.49. The minimum absolute atomic E-state index is 0.601. The number of aryl methyl sites for hydroxylation is 2. The van der Waals surface area contributed by atoms with E-state index in [-0.39, 0.29) is 0 Å². The predicted octanol–water partition coefficient (Wildman–Crippen LogP) is 1.49. The Labute approximate surface area is 98.3 Å². The number of nitrogens with zero attached hydrogens (tertiary/aromatic N) is 4. The second-order valence-corrected chi connectivity index (χ2v) is 4.38. The first-order valence-corrected chi connectivity index (χ1v) is 6.23. The van der Waals surface area contributed by atoms with Gasteiger partial charge in [-0.25, -0.2) is 14.6 Å². The Morgan fingerprint density at radius 1 is 1.31 bits per heavy atom. The molecule has 6 heteroatoms. The Morgan fingerprint density at radius 2 is 2.12 bits per heavy atom. The van der Waals surface area contributed by atoms with Crippen LogP contribution in [-0.4, -0.2) is 19.7 Å². The first-order chi connectivity index (χ1) is 7.72. The summed E-state index contributed by atoms with van der Waals surface area (Å²) in [5.74, 6) is 1.89. The third-order valence-corrected chi connectivity index (χ3v) is 3.03. The van der Waals surface area contributed by atoms with Gasteiger partial charge in [0.1, 0.15) is 5.82 Å². The van der Waals surface area contributed by atoms with Crippen molar-refractivity contribution in [2.24, 2.45) is 0 Å². The van der Waals surface area contributed by atoms with E-state index in [2.05, 4.69) is 28.9 Å². The number of thiazole rings is 1. The largest absolute Gasteiger partial charge is 0.375 e. The molecule has 2 aromatic heterocycles. The molecule has 0 saturated carbocycles. The lowest BCUT2D eigenvalue weighted by atomic mass is 10.4. The molecule has 0 aromatic carbocycles. The first kappa shape index (κ1) is 11.1. The van der Waals surface area contributed by atoms with Crippen LogP contribution in [0.3, 0.4) is 0 Å². The van der Waals surface area contributed by atoms with Crippen LogP contribution >= 0.6 is 11.3 Å². The van der Waals surface area contributed by atoms with Gasteiger partial charge in [0.05, 0.1) is 12.2 Å². The Morgan fingerprint density at radius 3 is 2.69 bits per heavy atom. The summed E-state index contributed by atoms with van der Waals surface area (Å²) in [6.07, 6.45) is 1.74. The van der Waals surface area contributed by atoms with Gasteiger partial charge in [-0.05, 0) is 0 Å². The second kappa shape index (κ2) is 4.61. The van der Waals surface area contributed by atoms with Gasteiger partial charge in [0.2, 0.25) is 0 Å². The van der Waals surface area contributed by atoms with Gasteiger partial charge in [-0.15, -0.1) is 11.3 Å². The highest BCUT2D eigenvalue weighted by atomic mass is 32.1. The molecular weight excluding hydrogens is 222 g/mol. The van der Waals surface area contributed by atoms with E-state index in [0.29, 0.717) is 11.7 Å². The number of nitrogen functional groups attached to an aromatic ring is 1. The molecule has 86 valence electrons. The third kappa shape index (κ3) is 2.21. The molecule has 0 radical (unpaired) electrons. The Balaban J connectivity index is 2.22. The van der Waals surface area contributed by atoms with E-state index in [1.165, 1.54) is 11.3 Å². The average Bonchev–Trinajstić information content (AvgIpc) is 2.85. The van der Waals surface area contributed by atoms with E-state index in [1.54, 1.807) is 0 Å². The average molecular weight is 237 g/mol. The number of aromatic nitrogens is 4.